The molecule has 66 heavy (non-hydrogen) atoms. The Labute approximate surface area is 386 Å². The lowest BCUT2D eigenvalue weighted by molar-refractivity contribution is -0.0727. The van der Waals surface area contributed by atoms with Crippen LogP contribution in [0.15, 0.2) is 192 Å². The van der Waals surface area contributed by atoms with Crippen molar-refractivity contribution in [2.24, 2.45) is 10.2 Å². The van der Waals surface area contributed by atoms with Gasteiger partial charge in [-0.3, -0.25) is 0 Å². The quantitative estimate of drug-likeness (QED) is 0.0160. The highest BCUT2D eigenvalue weighted by molar-refractivity contribution is 5.48. The number of aliphatic hydroxyl groups is 2. The first-order valence-electron chi connectivity index (χ1n) is 21.9. The summed E-state index contributed by atoms with van der Waals surface area (Å²) in [4.78, 5) is 5.56. The van der Waals surface area contributed by atoms with Crippen molar-refractivity contribution >= 4 is 0 Å². The zero-order valence-electron chi connectivity index (χ0n) is 37.0. The number of benzene rings is 6. The number of aliphatic hydroxyl groups excluding tert-OH is 2. The second kappa shape index (κ2) is 29.2. The van der Waals surface area contributed by atoms with Crippen LogP contribution in [0, 0.1) is 0 Å². The Bertz CT molecular complexity index is 2100. The molecule has 0 aromatic heterocycles. The number of azide groups is 2. The molecule has 2 atom stereocenters. The van der Waals surface area contributed by atoms with E-state index in [1.807, 2.05) is 109 Å². The van der Waals surface area contributed by atoms with Gasteiger partial charge in [-0.15, -0.1) is 0 Å². The van der Waals surface area contributed by atoms with Gasteiger partial charge in [0.1, 0.15) is 11.2 Å². The van der Waals surface area contributed by atoms with Crippen LogP contribution in [0.4, 0.5) is 0 Å². The van der Waals surface area contributed by atoms with Gasteiger partial charge in [0.15, 0.2) is 0 Å². The van der Waals surface area contributed by atoms with Crippen LogP contribution in [0.2, 0.25) is 0 Å². The Balaban J connectivity index is 0.000000504. The monoisotopic (exact) mass is 894 g/mol. The molecule has 0 radical (unpaired) electrons. The fourth-order valence-electron chi connectivity index (χ4n) is 7.48. The topological polar surface area (TPSA) is 193 Å². The summed E-state index contributed by atoms with van der Waals surface area (Å²) in [6.07, 6.45) is -0.842. The number of rotatable bonds is 28. The van der Waals surface area contributed by atoms with Crippen LogP contribution in [-0.4, -0.2) is 102 Å². The average molecular weight is 895 g/mol. The molecule has 14 nitrogen and oxygen atoms in total. The van der Waals surface area contributed by atoms with Gasteiger partial charge in [0.2, 0.25) is 0 Å². The molecule has 0 heterocycles. The summed E-state index contributed by atoms with van der Waals surface area (Å²) >= 11 is 0. The molecule has 2 N–H and O–H groups in total. The number of hydrogen-bond acceptors (Lipinski definition) is 10. The molecular weight excluding hydrogens is 837 g/mol. The molecule has 0 spiro atoms. The normalized spacial score (nSPS) is 12.2. The van der Waals surface area contributed by atoms with Gasteiger partial charge in [-0.25, -0.2) is 0 Å². The summed E-state index contributed by atoms with van der Waals surface area (Å²) in [5.74, 6) is 0. The van der Waals surface area contributed by atoms with E-state index in [0.29, 0.717) is 13.2 Å². The lowest BCUT2D eigenvalue weighted by Crippen LogP contribution is -2.35. The smallest absolute Gasteiger partial charge is 0.143 e. The van der Waals surface area contributed by atoms with Gasteiger partial charge >= 0.3 is 0 Å². The summed E-state index contributed by atoms with van der Waals surface area (Å²) < 4.78 is 36.2. The summed E-state index contributed by atoms with van der Waals surface area (Å²) in [6.45, 7) is 2.13. The highest BCUT2D eigenvalue weighted by Crippen LogP contribution is 2.41. The predicted octanol–water partition coefficient (Wildman–Crippen LogP) is 9.40. The Morgan fingerprint density at radius 2 is 0.682 bits per heavy atom. The van der Waals surface area contributed by atoms with E-state index < -0.39 is 17.3 Å². The van der Waals surface area contributed by atoms with Crippen LogP contribution < -0.4 is 0 Å². The van der Waals surface area contributed by atoms with E-state index in [1.54, 1.807) is 0 Å². The molecule has 0 saturated carbocycles. The van der Waals surface area contributed by atoms with Crippen LogP contribution >= 0.6 is 0 Å². The van der Waals surface area contributed by atoms with Crippen molar-refractivity contribution in [3.05, 3.63) is 236 Å². The first-order chi connectivity index (χ1) is 32.6. The summed E-state index contributed by atoms with van der Waals surface area (Å²) in [5.41, 5.74) is 21.6. The van der Waals surface area contributed by atoms with Crippen LogP contribution in [-0.2, 0) is 39.6 Å². The molecule has 6 aromatic rings. The zero-order valence-corrected chi connectivity index (χ0v) is 37.0. The predicted molar refractivity (Wildman–Crippen MR) is 254 cm³/mol. The van der Waals surface area contributed by atoms with Gasteiger partial charge in [-0.1, -0.05) is 192 Å². The standard InChI is InChI=1S/C45H43N3O4.C7H15N3O4/c46-48-47-35-43(50-32-34-52-45(40-25-13-4-14-26-40,41-27-15-5-16-28-41)42-29-17-6-18-30-42)36-49-31-33-51-44(37-19-7-1-8-20-37,38-21-9-2-10-22-38)39-23-11-3-12-24-39;8-10-9-5-7(14-4-2-12)6-13-3-1-11/h1-30,43H,31-36H2;7,11-12H,1-6H2. The Morgan fingerprint density at radius 1 is 0.394 bits per heavy atom. The van der Waals surface area contributed by atoms with Gasteiger partial charge in [0.05, 0.1) is 91.4 Å². The Hall–Kier alpha value is -6.38. The molecule has 0 bridgehead atoms. The molecule has 344 valence electrons. The van der Waals surface area contributed by atoms with Gasteiger partial charge < -0.3 is 38.6 Å². The maximum atomic E-state index is 9.11. The highest BCUT2D eigenvalue weighted by Gasteiger charge is 2.38. The van der Waals surface area contributed by atoms with Crippen molar-refractivity contribution in [3.63, 3.8) is 0 Å². The zero-order chi connectivity index (χ0) is 46.4. The van der Waals surface area contributed by atoms with Crippen molar-refractivity contribution in [3.8, 4) is 0 Å². The largest absolute Gasteiger partial charge is 0.394 e. The first kappa shape index (κ1) is 50.6. The molecule has 6 rings (SSSR count). The lowest BCUT2D eigenvalue weighted by atomic mass is 9.80. The third kappa shape index (κ3) is 14.8. The van der Waals surface area contributed by atoms with E-state index in [4.69, 9.17) is 49.7 Å². The minimum absolute atomic E-state index is 0.0613. The first-order valence-corrected chi connectivity index (χ1v) is 21.9. The SMILES string of the molecule is [N-]=[N+]=NCC(COCCO)OCCO.[N-]=[N+]=NCC(COCCOC(c1ccccc1)(c1ccccc1)c1ccccc1)OCCOC(c1ccccc1)(c1ccccc1)c1ccccc1. The average Bonchev–Trinajstić information content (AvgIpc) is 3.39. The lowest BCUT2D eigenvalue weighted by Gasteiger charge is -2.36. The minimum Gasteiger partial charge on any atom is -0.394 e. The molecular formula is C52H58N6O8. The number of hydrogen-bond donors (Lipinski definition) is 2. The van der Waals surface area contributed by atoms with Crippen molar-refractivity contribution in [1.82, 2.24) is 0 Å². The van der Waals surface area contributed by atoms with E-state index in [-0.39, 0.29) is 72.0 Å². The van der Waals surface area contributed by atoms with E-state index >= 15 is 0 Å². The Morgan fingerprint density at radius 3 is 0.985 bits per heavy atom. The Kier molecular flexibility index (Phi) is 22.4. The van der Waals surface area contributed by atoms with Crippen molar-refractivity contribution in [2.45, 2.75) is 23.4 Å². The second-order valence-electron chi connectivity index (χ2n) is 14.7. The maximum Gasteiger partial charge on any atom is 0.143 e. The number of ether oxygens (including phenoxy) is 6. The van der Waals surface area contributed by atoms with E-state index in [2.05, 4.69) is 92.8 Å². The van der Waals surface area contributed by atoms with Crippen LogP contribution in [0.25, 0.3) is 20.9 Å². The van der Waals surface area contributed by atoms with E-state index in [1.165, 1.54) is 0 Å². The number of nitrogens with zero attached hydrogens (tertiary/aromatic N) is 6. The summed E-state index contributed by atoms with van der Waals surface area (Å²) in [5, 5.41) is 24.1. The maximum absolute atomic E-state index is 9.11. The third-order valence-electron chi connectivity index (χ3n) is 10.4. The fraction of sp³-hybridized carbons (Fsp3) is 0.308. The van der Waals surface area contributed by atoms with E-state index in [9.17, 15) is 0 Å². The van der Waals surface area contributed by atoms with Crippen molar-refractivity contribution in [2.75, 3.05) is 79.2 Å². The summed E-state index contributed by atoms with van der Waals surface area (Å²) in [7, 11) is 0. The molecule has 0 aliphatic carbocycles. The van der Waals surface area contributed by atoms with Crippen LogP contribution in [0.3, 0.4) is 0 Å². The molecule has 2 unspecified atom stereocenters. The minimum atomic E-state index is -0.857. The van der Waals surface area contributed by atoms with Gasteiger partial charge in [0, 0.05) is 9.82 Å². The van der Waals surface area contributed by atoms with Crippen LogP contribution in [0.1, 0.15) is 33.4 Å². The van der Waals surface area contributed by atoms with Crippen LogP contribution in [0.5, 0.6) is 0 Å². The second-order valence-corrected chi connectivity index (χ2v) is 14.7. The van der Waals surface area contributed by atoms with E-state index in [0.717, 1.165) is 33.4 Å². The van der Waals surface area contributed by atoms with Gasteiger partial charge in [0.25, 0.3) is 0 Å². The van der Waals surface area contributed by atoms with Gasteiger partial charge in [-0.05, 0) is 44.4 Å². The van der Waals surface area contributed by atoms with Crippen molar-refractivity contribution in [1.29, 1.82) is 0 Å². The summed E-state index contributed by atoms with van der Waals surface area (Å²) in [6, 6.07) is 61.4. The molecule has 0 saturated heterocycles. The third-order valence-corrected chi connectivity index (χ3v) is 10.4. The molecule has 0 aliphatic rings. The molecule has 6 aromatic carbocycles. The molecule has 0 amide bonds. The highest BCUT2D eigenvalue weighted by atomic mass is 16.6. The van der Waals surface area contributed by atoms with Gasteiger partial charge in [-0.2, -0.15) is 0 Å². The fourth-order valence-corrected chi connectivity index (χ4v) is 7.48. The molecule has 0 aliphatic heterocycles. The molecule has 0 fully saturated rings. The molecule has 14 heteroatoms. The van der Waals surface area contributed by atoms with Crippen molar-refractivity contribution < 1.29 is 38.6 Å².